The van der Waals surface area contributed by atoms with Crippen molar-refractivity contribution >= 4 is 15.9 Å². The van der Waals surface area contributed by atoms with E-state index in [0.29, 0.717) is 0 Å². The highest BCUT2D eigenvalue weighted by Gasteiger charge is 2.45. The molecule has 0 aromatic carbocycles. The lowest BCUT2D eigenvalue weighted by Gasteiger charge is -2.39. The Morgan fingerprint density at radius 2 is 1.06 bits per heavy atom. The maximum atomic E-state index is 10.8. The molecule has 0 aromatic heterocycles. The van der Waals surface area contributed by atoms with E-state index in [0.717, 1.165) is 0 Å². The fourth-order valence-corrected chi connectivity index (χ4v) is 3.85. The van der Waals surface area contributed by atoms with Crippen LogP contribution in [0.5, 0.6) is 0 Å². The van der Waals surface area contributed by atoms with Crippen LogP contribution in [0.4, 0.5) is 0 Å². The molecular formula is C16H30O14S. The van der Waals surface area contributed by atoms with Gasteiger partial charge in [0.25, 0.3) is 10.1 Å². The normalized spacial score (nSPS) is 41.2. The van der Waals surface area contributed by atoms with Gasteiger partial charge in [0.2, 0.25) is 0 Å². The van der Waals surface area contributed by atoms with Crippen molar-refractivity contribution in [2.45, 2.75) is 74.4 Å². The Morgan fingerprint density at radius 3 is 1.42 bits per heavy atom. The molecule has 184 valence electrons. The van der Waals surface area contributed by atoms with E-state index in [-0.39, 0.29) is 12.2 Å². The van der Waals surface area contributed by atoms with Crippen molar-refractivity contribution in [1.29, 1.82) is 0 Å². The van der Waals surface area contributed by atoms with Gasteiger partial charge in [0.15, 0.2) is 0 Å². The van der Waals surface area contributed by atoms with Gasteiger partial charge in [-0.25, -0.2) is 0 Å². The second-order valence-electron chi connectivity index (χ2n) is 7.39. The summed E-state index contributed by atoms with van der Waals surface area (Å²) in [6.07, 6.45) is -13.4. The summed E-state index contributed by atoms with van der Waals surface area (Å²) in [5, 5.41) is 74.0. The molecule has 2 aliphatic rings. The Hall–Kier alpha value is -0.820. The van der Waals surface area contributed by atoms with Gasteiger partial charge in [0.1, 0.15) is 66.5 Å². The molecule has 2 heterocycles. The molecule has 0 amide bonds. The summed E-state index contributed by atoms with van der Waals surface area (Å²) >= 11 is 0. The van der Waals surface area contributed by atoms with Crippen LogP contribution in [0.1, 0.15) is 13.3 Å². The molecule has 9 N–H and O–H groups in total. The Morgan fingerprint density at radius 1 is 0.710 bits per heavy atom. The van der Waals surface area contributed by atoms with Crippen LogP contribution in [0.3, 0.4) is 0 Å². The van der Waals surface area contributed by atoms with E-state index in [4.69, 9.17) is 24.2 Å². The maximum absolute atomic E-state index is 10.8. The summed E-state index contributed by atoms with van der Waals surface area (Å²) in [6.45, 7) is 0.216. The lowest BCUT2D eigenvalue weighted by molar-refractivity contribution is -0.229. The number of aliphatic hydroxyl groups is 8. The van der Waals surface area contributed by atoms with Crippen LogP contribution in [0.2, 0.25) is 0 Å². The second-order valence-corrected chi connectivity index (χ2v) is 8.89. The molecule has 0 aromatic rings. The summed E-state index contributed by atoms with van der Waals surface area (Å²) in [4.78, 5) is 10.8. The summed E-state index contributed by atoms with van der Waals surface area (Å²) in [5.41, 5.74) is 0. The molecule has 2 fully saturated rings. The van der Waals surface area contributed by atoms with Crippen LogP contribution < -0.4 is 0 Å². The van der Waals surface area contributed by atoms with Crippen LogP contribution >= 0.6 is 0 Å². The molecule has 10 atom stereocenters. The third-order valence-electron chi connectivity index (χ3n) is 4.85. The maximum Gasteiger partial charge on any atom is 0.267 e. The van der Waals surface area contributed by atoms with Gasteiger partial charge < -0.3 is 50.3 Å². The molecular weight excluding hydrogens is 448 g/mol. The molecule has 0 aliphatic carbocycles. The van der Waals surface area contributed by atoms with Crippen LogP contribution in [-0.4, -0.2) is 140 Å². The van der Waals surface area contributed by atoms with Crippen molar-refractivity contribution < 1.29 is 68.1 Å². The minimum atomic E-state index is -4.39. The largest absolute Gasteiger partial charge is 0.394 e. The van der Waals surface area contributed by atoms with Gasteiger partial charge >= 0.3 is 0 Å². The Bertz CT molecular complexity index is 667. The highest BCUT2D eigenvalue weighted by atomic mass is 32.2. The SMILES string of the molecule is CC(=O)C[C@@H]1O[C@H](CO)[C@@H](O)[C@H](O)[C@H]1O.O=S(=O)(O)C[C@@H]1O[C@H](CO)[C@@H](O)[C@H](O)[C@H]1O. The van der Waals surface area contributed by atoms with Crippen molar-refractivity contribution in [3.63, 3.8) is 0 Å². The summed E-state index contributed by atoms with van der Waals surface area (Å²) in [6, 6.07) is 0. The zero-order chi connectivity index (χ0) is 24.1. The van der Waals surface area contributed by atoms with Gasteiger partial charge in [-0.1, -0.05) is 0 Å². The minimum absolute atomic E-state index is 0.0541. The van der Waals surface area contributed by atoms with E-state index < -0.39 is 90.1 Å². The number of rotatable bonds is 6. The van der Waals surface area contributed by atoms with Crippen molar-refractivity contribution in [2.75, 3.05) is 19.0 Å². The molecule has 0 bridgehead atoms. The predicted molar refractivity (Wildman–Crippen MR) is 99.2 cm³/mol. The summed E-state index contributed by atoms with van der Waals surface area (Å²) in [5.74, 6) is -1.12. The smallest absolute Gasteiger partial charge is 0.267 e. The first-order valence-electron chi connectivity index (χ1n) is 9.29. The molecule has 31 heavy (non-hydrogen) atoms. The number of ketones is 1. The zero-order valence-corrected chi connectivity index (χ0v) is 17.4. The Labute approximate surface area is 178 Å². The van der Waals surface area contributed by atoms with E-state index in [1.807, 2.05) is 0 Å². The fraction of sp³-hybridized carbons (Fsp3) is 0.938. The van der Waals surface area contributed by atoms with Crippen LogP contribution in [0.25, 0.3) is 0 Å². The van der Waals surface area contributed by atoms with E-state index >= 15 is 0 Å². The number of Topliss-reactive ketones (excluding diaryl/α,β-unsaturated/α-hetero) is 1. The van der Waals surface area contributed by atoms with Crippen molar-refractivity contribution in [1.82, 2.24) is 0 Å². The number of hydrogen-bond donors (Lipinski definition) is 9. The van der Waals surface area contributed by atoms with Crippen molar-refractivity contribution in [3.8, 4) is 0 Å². The van der Waals surface area contributed by atoms with E-state index in [2.05, 4.69) is 0 Å². The van der Waals surface area contributed by atoms with Gasteiger partial charge in [-0.15, -0.1) is 0 Å². The van der Waals surface area contributed by atoms with E-state index in [9.17, 15) is 43.9 Å². The van der Waals surface area contributed by atoms with Crippen LogP contribution in [-0.2, 0) is 24.4 Å². The third-order valence-corrected chi connectivity index (χ3v) is 5.60. The molecule has 0 radical (unpaired) electrons. The number of carbonyl (C=O) groups excluding carboxylic acids is 1. The van der Waals surface area contributed by atoms with Crippen molar-refractivity contribution in [3.05, 3.63) is 0 Å². The summed E-state index contributed by atoms with van der Waals surface area (Å²) in [7, 11) is -4.39. The quantitative estimate of drug-likeness (QED) is 0.162. The number of carbonyl (C=O) groups is 1. The van der Waals surface area contributed by atoms with Gasteiger partial charge in [0, 0.05) is 6.42 Å². The molecule has 14 nitrogen and oxygen atoms in total. The average molecular weight is 478 g/mol. The van der Waals surface area contributed by atoms with Gasteiger partial charge in [-0.05, 0) is 6.92 Å². The zero-order valence-electron chi connectivity index (χ0n) is 16.6. The number of ether oxygens (including phenoxy) is 2. The van der Waals surface area contributed by atoms with E-state index in [1.165, 1.54) is 6.92 Å². The minimum Gasteiger partial charge on any atom is -0.394 e. The van der Waals surface area contributed by atoms with Gasteiger partial charge in [0.05, 0.1) is 19.3 Å². The monoisotopic (exact) mass is 478 g/mol. The topological polar surface area (TPSA) is 252 Å². The number of aliphatic hydroxyl groups excluding tert-OH is 8. The number of hydrogen-bond acceptors (Lipinski definition) is 13. The van der Waals surface area contributed by atoms with E-state index in [1.54, 1.807) is 0 Å². The molecule has 2 saturated heterocycles. The first kappa shape index (κ1) is 28.2. The van der Waals surface area contributed by atoms with Gasteiger partial charge in [-0.3, -0.25) is 9.35 Å². The molecule has 0 spiro atoms. The van der Waals surface area contributed by atoms with Crippen LogP contribution in [0.15, 0.2) is 0 Å². The molecule has 15 heteroatoms. The van der Waals surface area contributed by atoms with Crippen molar-refractivity contribution in [2.24, 2.45) is 0 Å². The predicted octanol–water partition coefficient (Wildman–Crippen LogP) is -5.48. The first-order chi connectivity index (χ1) is 14.2. The third kappa shape index (κ3) is 7.92. The molecule has 0 saturated carbocycles. The highest BCUT2D eigenvalue weighted by molar-refractivity contribution is 7.85. The lowest BCUT2D eigenvalue weighted by atomic mass is 9.93. The second kappa shape index (κ2) is 11.9. The Kier molecular flexibility index (Phi) is 10.8. The average Bonchev–Trinajstić information content (AvgIpc) is 2.68. The lowest BCUT2D eigenvalue weighted by Crippen LogP contribution is -2.59. The molecule has 0 unspecified atom stereocenters. The van der Waals surface area contributed by atoms with Gasteiger partial charge in [-0.2, -0.15) is 8.42 Å². The standard InChI is InChI=1S/C9H16O6.C7H14O8S/c1-4(11)2-5-7(12)9(14)8(13)6(3-10)15-5;8-1-3-5(9)7(11)6(10)4(15-3)2-16(12,13)14/h5-10,12-14H,2-3H2,1H3;3-11H,1-2H2,(H,12,13,14)/t5-,6+,7-,8+,9+;3-,4+,5-,6+,7+/m01/s1. The van der Waals surface area contributed by atoms with Crippen LogP contribution in [0, 0.1) is 0 Å². The Balaban J connectivity index is 0.000000311. The summed E-state index contributed by atoms with van der Waals surface area (Å²) < 4.78 is 39.7. The highest BCUT2D eigenvalue weighted by Crippen LogP contribution is 2.23. The first-order valence-corrected chi connectivity index (χ1v) is 10.9. The molecule has 2 aliphatic heterocycles. The fourth-order valence-electron chi connectivity index (χ4n) is 3.15. The molecule has 2 rings (SSSR count).